The van der Waals surface area contributed by atoms with Crippen LogP contribution in [-0.4, -0.2) is 48.2 Å². The molecule has 0 aromatic heterocycles. The molecule has 0 unspecified atom stereocenters. The predicted molar refractivity (Wildman–Crippen MR) is 66.5 cm³/mol. The molecule has 4 heteroatoms. The average Bonchev–Trinajstić information content (AvgIpc) is 2.54. The summed E-state index contributed by atoms with van der Waals surface area (Å²) in [6.45, 7) is 9.86. The molecule has 1 aliphatic carbocycles. The van der Waals surface area contributed by atoms with Crippen molar-refractivity contribution in [2.45, 2.75) is 39.8 Å². The molecular formula is C13H24N2O2. The van der Waals surface area contributed by atoms with Crippen LogP contribution < -0.4 is 5.32 Å². The minimum Gasteiger partial charge on any atom is -0.390 e. The van der Waals surface area contributed by atoms with Gasteiger partial charge >= 0.3 is 0 Å². The highest BCUT2D eigenvalue weighted by molar-refractivity contribution is 5.84. The molecule has 2 N–H and O–H groups in total. The van der Waals surface area contributed by atoms with Gasteiger partial charge in [0.2, 0.25) is 5.91 Å². The summed E-state index contributed by atoms with van der Waals surface area (Å²) >= 11 is 0. The number of hydrogen-bond donors (Lipinski definition) is 2. The summed E-state index contributed by atoms with van der Waals surface area (Å²) in [4.78, 5) is 14.2. The molecule has 1 saturated heterocycles. The van der Waals surface area contributed by atoms with Crippen molar-refractivity contribution in [3.05, 3.63) is 0 Å². The van der Waals surface area contributed by atoms with E-state index in [9.17, 15) is 9.90 Å². The average molecular weight is 240 g/mol. The van der Waals surface area contributed by atoms with E-state index in [0.717, 1.165) is 0 Å². The lowest BCUT2D eigenvalue weighted by atomic mass is 10.0. The van der Waals surface area contributed by atoms with Gasteiger partial charge < -0.3 is 15.3 Å². The lowest BCUT2D eigenvalue weighted by molar-refractivity contribution is -0.136. The molecule has 98 valence electrons. The van der Waals surface area contributed by atoms with Crippen LogP contribution >= 0.6 is 0 Å². The van der Waals surface area contributed by atoms with E-state index in [-0.39, 0.29) is 28.7 Å². The zero-order valence-electron chi connectivity index (χ0n) is 11.4. The Morgan fingerprint density at radius 3 is 2.12 bits per heavy atom. The first-order valence-corrected chi connectivity index (χ1v) is 6.36. The van der Waals surface area contributed by atoms with Gasteiger partial charge in [0, 0.05) is 26.1 Å². The molecule has 1 heterocycles. The van der Waals surface area contributed by atoms with E-state index >= 15 is 0 Å². The maximum Gasteiger partial charge on any atom is 0.226 e. The van der Waals surface area contributed by atoms with Gasteiger partial charge in [-0.15, -0.1) is 0 Å². The molecule has 0 radical (unpaired) electrons. The molecule has 1 saturated carbocycles. The van der Waals surface area contributed by atoms with Crippen molar-refractivity contribution in [3.63, 3.8) is 0 Å². The van der Waals surface area contributed by atoms with Crippen LogP contribution in [0.15, 0.2) is 0 Å². The van der Waals surface area contributed by atoms with Gasteiger partial charge in [-0.1, -0.05) is 27.7 Å². The smallest absolute Gasteiger partial charge is 0.226 e. The molecule has 0 bridgehead atoms. The highest BCUT2D eigenvalue weighted by Gasteiger charge is 2.69. The summed E-state index contributed by atoms with van der Waals surface area (Å²) in [5.41, 5.74) is 0.130. The molecule has 1 amide bonds. The van der Waals surface area contributed by atoms with Gasteiger partial charge in [0.25, 0.3) is 0 Å². The molecule has 0 aromatic rings. The van der Waals surface area contributed by atoms with Crippen LogP contribution in [0.5, 0.6) is 0 Å². The second kappa shape index (κ2) is 3.69. The predicted octanol–water partition coefficient (Wildman–Crippen LogP) is 0.460. The molecule has 0 spiro atoms. The number of nitrogens with one attached hydrogen (secondary N) is 1. The summed E-state index contributed by atoms with van der Waals surface area (Å²) in [6, 6.07) is -0.0744. The first-order chi connectivity index (χ1) is 7.71. The minimum atomic E-state index is -0.436. The summed E-state index contributed by atoms with van der Waals surface area (Å²) < 4.78 is 0. The Kier molecular flexibility index (Phi) is 2.79. The van der Waals surface area contributed by atoms with Crippen LogP contribution in [0.3, 0.4) is 0 Å². The largest absolute Gasteiger partial charge is 0.390 e. The fourth-order valence-electron chi connectivity index (χ4n) is 3.23. The van der Waals surface area contributed by atoms with Gasteiger partial charge in [0.05, 0.1) is 12.1 Å². The van der Waals surface area contributed by atoms with E-state index in [1.54, 1.807) is 4.90 Å². The van der Waals surface area contributed by atoms with E-state index < -0.39 is 6.10 Å². The second-order valence-electron chi connectivity index (χ2n) is 6.62. The molecule has 2 atom stereocenters. The van der Waals surface area contributed by atoms with Crippen LogP contribution in [0.2, 0.25) is 0 Å². The number of β-amino-alcohol motifs (C(OH)–C–C–N with tert-alkyl or cyclic N) is 1. The van der Waals surface area contributed by atoms with Crippen LogP contribution in [0.25, 0.3) is 0 Å². The number of hydrogen-bond acceptors (Lipinski definition) is 3. The van der Waals surface area contributed by atoms with Gasteiger partial charge in [-0.2, -0.15) is 0 Å². The van der Waals surface area contributed by atoms with Crippen molar-refractivity contribution in [3.8, 4) is 0 Å². The van der Waals surface area contributed by atoms with Gasteiger partial charge in [0.1, 0.15) is 0 Å². The SMILES string of the molecule is CN(C(=O)C1C(C)(C)C1(C)C)[C@@H]1CNC[C@H]1O. The number of amides is 1. The van der Waals surface area contributed by atoms with Gasteiger partial charge in [-0.05, 0) is 10.8 Å². The lowest BCUT2D eigenvalue weighted by Gasteiger charge is -2.27. The second-order valence-corrected chi connectivity index (χ2v) is 6.62. The number of aliphatic hydroxyl groups excluding tert-OH is 1. The number of likely N-dealkylation sites (N-methyl/N-ethyl adjacent to an activating group) is 1. The molecule has 4 nitrogen and oxygen atoms in total. The highest BCUT2D eigenvalue weighted by Crippen LogP contribution is 2.68. The number of carbonyl (C=O) groups excluding carboxylic acids is 1. The van der Waals surface area contributed by atoms with E-state index in [1.807, 2.05) is 7.05 Å². The zero-order valence-corrected chi connectivity index (χ0v) is 11.4. The fourth-order valence-corrected chi connectivity index (χ4v) is 3.23. The Hall–Kier alpha value is -0.610. The van der Waals surface area contributed by atoms with Crippen molar-refractivity contribution >= 4 is 5.91 Å². The molecule has 2 fully saturated rings. The highest BCUT2D eigenvalue weighted by atomic mass is 16.3. The normalized spacial score (nSPS) is 34.7. The molecule has 1 aliphatic heterocycles. The Morgan fingerprint density at radius 1 is 1.24 bits per heavy atom. The van der Waals surface area contributed by atoms with Crippen molar-refractivity contribution in [2.24, 2.45) is 16.7 Å². The first kappa shape index (κ1) is 12.8. The van der Waals surface area contributed by atoms with Gasteiger partial charge in [-0.3, -0.25) is 4.79 Å². The molecule has 17 heavy (non-hydrogen) atoms. The molecular weight excluding hydrogens is 216 g/mol. The van der Waals surface area contributed by atoms with Gasteiger partial charge in [-0.25, -0.2) is 0 Å². The number of rotatable bonds is 2. The third-order valence-electron chi connectivity index (χ3n) is 5.26. The Morgan fingerprint density at radius 2 is 1.76 bits per heavy atom. The van der Waals surface area contributed by atoms with Crippen molar-refractivity contribution in [2.75, 3.05) is 20.1 Å². The van der Waals surface area contributed by atoms with Crippen LogP contribution in [0, 0.1) is 16.7 Å². The van der Waals surface area contributed by atoms with E-state index in [4.69, 9.17) is 0 Å². The summed E-state index contributed by atoms with van der Waals surface area (Å²) in [6.07, 6.45) is -0.436. The lowest BCUT2D eigenvalue weighted by Crippen LogP contribution is -2.45. The standard InChI is InChI=1S/C13H24N2O2/c1-12(2)10(13(12,3)4)11(17)15(5)8-6-14-7-9(8)16/h8-10,14,16H,6-7H2,1-5H3/t8-,9-/m1/s1. The van der Waals surface area contributed by atoms with Crippen LogP contribution in [-0.2, 0) is 4.79 Å². The first-order valence-electron chi connectivity index (χ1n) is 6.36. The molecule has 2 rings (SSSR count). The monoisotopic (exact) mass is 240 g/mol. The Balaban J connectivity index is 2.07. The van der Waals surface area contributed by atoms with Crippen molar-refractivity contribution in [1.82, 2.24) is 10.2 Å². The molecule has 0 aromatic carbocycles. The quantitative estimate of drug-likeness (QED) is 0.737. The zero-order chi connectivity index (χ0) is 13.0. The number of carbonyl (C=O) groups is 1. The van der Waals surface area contributed by atoms with E-state index in [0.29, 0.717) is 13.1 Å². The van der Waals surface area contributed by atoms with Crippen LogP contribution in [0.4, 0.5) is 0 Å². The fraction of sp³-hybridized carbons (Fsp3) is 0.923. The van der Waals surface area contributed by atoms with E-state index in [2.05, 4.69) is 33.0 Å². The summed E-state index contributed by atoms with van der Waals surface area (Å²) in [5, 5.41) is 12.9. The molecule has 2 aliphatic rings. The van der Waals surface area contributed by atoms with Crippen molar-refractivity contribution in [1.29, 1.82) is 0 Å². The summed E-state index contributed by atoms with van der Waals surface area (Å²) in [5.74, 6) is 0.251. The maximum atomic E-state index is 12.5. The minimum absolute atomic E-state index is 0.0648. The maximum absolute atomic E-state index is 12.5. The number of nitrogens with zero attached hydrogens (tertiary/aromatic N) is 1. The van der Waals surface area contributed by atoms with E-state index in [1.165, 1.54) is 0 Å². The Bertz CT molecular complexity index is 324. The Labute approximate surface area is 103 Å². The topological polar surface area (TPSA) is 52.6 Å². The summed E-state index contributed by atoms with van der Waals surface area (Å²) in [7, 11) is 1.81. The third-order valence-corrected chi connectivity index (χ3v) is 5.26. The van der Waals surface area contributed by atoms with Gasteiger partial charge in [0.15, 0.2) is 0 Å². The van der Waals surface area contributed by atoms with Crippen LogP contribution in [0.1, 0.15) is 27.7 Å². The van der Waals surface area contributed by atoms with Crippen molar-refractivity contribution < 1.29 is 9.90 Å². The third kappa shape index (κ3) is 1.69. The number of aliphatic hydroxyl groups is 1.